The molecule has 0 heterocycles. The molecular weight excluding hydrogens is 446 g/mol. The molecule has 0 aliphatic rings. The van der Waals surface area contributed by atoms with Gasteiger partial charge in [-0.05, 0) is 54.1 Å². The van der Waals surface area contributed by atoms with Gasteiger partial charge in [-0.15, -0.1) is 13.2 Å². The number of halogens is 6. The maximum atomic E-state index is 14.7. The Morgan fingerprint density at radius 3 is 2.33 bits per heavy atom. The standard InChI is InChI=1S/C25H20F6O2/c1-3-4-5-6-16-12-20(26)19(22(13-16)32-2)10-8-15-7-9-18-17(11-15)14-21(27)24(23(18)28)33-25(29,30)31/h7,9,11-14H,3-6H2,1-2H3. The molecule has 3 rings (SSSR count). The van der Waals surface area contributed by atoms with E-state index >= 15 is 0 Å². The van der Waals surface area contributed by atoms with Gasteiger partial charge in [-0.3, -0.25) is 0 Å². The second-order valence-corrected chi connectivity index (χ2v) is 7.35. The maximum absolute atomic E-state index is 14.7. The second kappa shape index (κ2) is 10.1. The van der Waals surface area contributed by atoms with Gasteiger partial charge < -0.3 is 9.47 Å². The highest BCUT2D eigenvalue weighted by Gasteiger charge is 2.34. The highest BCUT2D eigenvalue weighted by atomic mass is 19.4. The first-order valence-corrected chi connectivity index (χ1v) is 10.2. The van der Waals surface area contributed by atoms with Crippen molar-refractivity contribution in [3.8, 4) is 23.3 Å². The maximum Gasteiger partial charge on any atom is 0.573 e. The van der Waals surface area contributed by atoms with Gasteiger partial charge in [0.15, 0.2) is 11.6 Å². The molecule has 0 spiro atoms. The van der Waals surface area contributed by atoms with Crippen LogP contribution in [0, 0.1) is 29.3 Å². The van der Waals surface area contributed by atoms with E-state index in [1.807, 2.05) is 0 Å². The van der Waals surface area contributed by atoms with Crippen molar-refractivity contribution < 1.29 is 35.8 Å². The number of hydrogen-bond acceptors (Lipinski definition) is 2. The first-order chi connectivity index (χ1) is 15.6. The minimum absolute atomic E-state index is 0.0231. The van der Waals surface area contributed by atoms with Gasteiger partial charge in [0.25, 0.3) is 0 Å². The number of fused-ring (bicyclic) bond motifs is 1. The predicted molar refractivity (Wildman–Crippen MR) is 113 cm³/mol. The Bertz CT molecular complexity index is 1220. The summed E-state index contributed by atoms with van der Waals surface area (Å²) in [6.45, 7) is 2.07. The van der Waals surface area contributed by atoms with Crippen LogP contribution < -0.4 is 9.47 Å². The summed E-state index contributed by atoms with van der Waals surface area (Å²) >= 11 is 0. The molecule has 0 aromatic heterocycles. The summed E-state index contributed by atoms with van der Waals surface area (Å²) in [5.74, 6) is 0.572. The molecule has 2 nitrogen and oxygen atoms in total. The average Bonchev–Trinajstić information content (AvgIpc) is 2.75. The van der Waals surface area contributed by atoms with Gasteiger partial charge in [0.1, 0.15) is 17.1 Å². The number of methoxy groups -OCH3 is 1. The summed E-state index contributed by atoms with van der Waals surface area (Å²) < 4.78 is 89.0. The third-order valence-corrected chi connectivity index (χ3v) is 4.94. The van der Waals surface area contributed by atoms with E-state index in [2.05, 4.69) is 23.5 Å². The quantitative estimate of drug-likeness (QED) is 0.216. The van der Waals surface area contributed by atoms with Gasteiger partial charge in [0.05, 0.1) is 7.11 Å². The largest absolute Gasteiger partial charge is 0.573 e. The number of unbranched alkanes of at least 4 members (excludes halogenated alkanes) is 2. The fourth-order valence-electron chi connectivity index (χ4n) is 3.37. The lowest BCUT2D eigenvalue weighted by molar-refractivity contribution is -0.276. The Morgan fingerprint density at radius 2 is 1.67 bits per heavy atom. The SMILES string of the molecule is CCCCCc1cc(F)c(C#Cc2ccc3c(F)c(OC(F)(F)F)c(F)cc3c2)c(OC)c1. The Balaban J connectivity index is 1.95. The van der Waals surface area contributed by atoms with Gasteiger partial charge >= 0.3 is 6.36 Å². The Morgan fingerprint density at radius 1 is 0.909 bits per heavy atom. The third kappa shape index (κ3) is 5.92. The molecule has 0 aliphatic carbocycles. The van der Waals surface area contributed by atoms with Crippen molar-refractivity contribution in [1.29, 1.82) is 0 Å². The molecule has 0 fully saturated rings. The minimum Gasteiger partial charge on any atom is -0.495 e. The number of rotatable bonds is 6. The van der Waals surface area contributed by atoms with Crippen LogP contribution in [0.15, 0.2) is 36.4 Å². The normalized spacial score (nSPS) is 11.3. The smallest absolute Gasteiger partial charge is 0.495 e. The lowest BCUT2D eigenvalue weighted by Gasteiger charge is -2.12. The average molecular weight is 466 g/mol. The molecule has 0 aliphatic heterocycles. The number of ether oxygens (including phenoxy) is 2. The van der Waals surface area contributed by atoms with E-state index in [0.29, 0.717) is 6.42 Å². The molecule has 0 amide bonds. The fourth-order valence-corrected chi connectivity index (χ4v) is 3.37. The number of aryl methyl sites for hydroxylation is 1. The monoisotopic (exact) mass is 466 g/mol. The summed E-state index contributed by atoms with van der Waals surface area (Å²) in [6.07, 6.45) is -1.55. The Labute approximate surface area is 187 Å². The molecule has 0 bridgehead atoms. The zero-order valence-electron chi connectivity index (χ0n) is 17.9. The second-order valence-electron chi connectivity index (χ2n) is 7.35. The molecule has 8 heteroatoms. The van der Waals surface area contributed by atoms with Crippen molar-refractivity contribution in [1.82, 2.24) is 0 Å². The molecule has 0 atom stereocenters. The number of hydrogen-bond donors (Lipinski definition) is 0. The van der Waals surface area contributed by atoms with Gasteiger partial charge in [0.2, 0.25) is 5.75 Å². The van der Waals surface area contributed by atoms with E-state index in [4.69, 9.17) is 4.74 Å². The van der Waals surface area contributed by atoms with Crippen molar-refractivity contribution >= 4 is 10.8 Å². The van der Waals surface area contributed by atoms with Gasteiger partial charge in [-0.1, -0.05) is 37.7 Å². The minimum atomic E-state index is -5.24. The van der Waals surface area contributed by atoms with Crippen LogP contribution in [-0.4, -0.2) is 13.5 Å². The predicted octanol–water partition coefficient (Wildman–Crippen LogP) is 7.30. The van der Waals surface area contributed by atoms with Crippen LogP contribution in [-0.2, 0) is 6.42 Å². The van der Waals surface area contributed by atoms with Crippen molar-refractivity contribution in [2.24, 2.45) is 0 Å². The molecule has 0 unspecified atom stereocenters. The van der Waals surface area contributed by atoms with Crippen LogP contribution in [0.1, 0.15) is 42.9 Å². The van der Waals surface area contributed by atoms with Crippen molar-refractivity contribution in [2.75, 3.05) is 7.11 Å². The van der Waals surface area contributed by atoms with E-state index in [0.717, 1.165) is 37.0 Å². The molecular formula is C25H20F6O2. The zero-order chi connectivity index (χ0) is 24.2. The summed E-state index contributed by atoms with van der Waals surface area (Å²) in [5, 5.41) is -0.300. The van der Waals surface area contributed by atoms with Crippen LogP contribution in [0.5, 0.6) is 11.5 Å². The first-order valence-electron chi connectivity index (χ1n) is 10.2. The highest BCUT2D eigenvalue weighted by molar-refractivity contribution is 5.86. The summed E-state index contributed by atoms with van der Waals surface area (Å²) in [7, 11) is 1.40. The number of benzene rings is 3. The zero-order valence-corrected chi connectivity index (χ0v) is 17.9. The van der Waals surface area contributed by atoms with E-state index in [9.17, 15) is 26.3 Å². The van der Waals surface area contributed by atoms with Gasteiger partial charge in [-0.25, -0.2) is 13.2 Å². The van der Waals surface area contributed by atoms with Crippen LogP contribution >= 0.6 is 0 Å². The molecule has 0 radical (unpaired) electrons. The molecule has 0 saturated heterocycles. The summed E-state index contributed by atoms with van der Waals surface area (Å²) in [4.78, 5) is 0. The number of alkyl halides is 3. The van der Waals surface area contributed by atoms with E-state index in [1.165, 1.54) is 25.3 Å². The van der Waals surface area contributed by atoms with Crippen molar-refractivity contribution in [2.45, 2.75) is 39.0 Å². The summed E-state index contributed by atoms with van der Waals surface area (Å²) in [5.41, 5.74) is 1.10. The van der Waals surface area contributed by atoms with E-state index < -0.39 is 29.6 Å². The summed E-state index contributed by atoms with van der Waals surface area (Å²) in [6, 6.07) is 7.61. The highest BCUT2D eigenvalue weighted by Crippen LogP contribution is 2.34. The lowest BCUT2D eigenvalue weighted by atomic mass is 10.0. The topological polar surface area (TPSA) is 18.5 Å². The van der Waals surface area contributed by atoms with Gasteiger partial charge in [0, 0.05) is 10.9 Å². The van der Waals surface area contributed by atoms with Crippen LogP contribution in [0.3, 0.4) is 0 Å². The molecule has 0 saturated carbocycles. The van der Waals surface area contributed by atoms with Crippen LogP contribution in [0.25, 0.3) is 10.8 Å². The van der Waals surface area contributed by atoms with E-state index in [-0.39, 0.29) is 27.6 Å². The van der Waals surface area contributed by atoms with E-state index in [1.54, 1.807) is 6.07 Å². The fraction of sp³-hybridized carbons (Fsp3) is 0.280. The van der Waals surface area contributed by atoms with Crippen molar-refractivity contribution in [3.63, 3.8) is 0 Å². The third-order valence-electron chi connectivity index (χ3n) is 4.94. The van der Waals surface area contributed by atoms with Crippen molar-refractivity contribution in [3.05, 3.63) is 70.5 Å². The van der Waals surface area contributed by atoms with Crippen LogP contribution in [0.4, 0.5) is 26.3 Å². The molecule has 3 aromatic carbocycles. The Hall–Kier alpha value is -3.34. The van der Waals surface area contributed by atoms with Gasteiger partial charge in [-0.2, -0.15) is 0 Å². The molecule has 0 N–H and O–H groups in total. The first kappa shape index (κ1) is 24.3. The molecule has 3 aromatic rings. The molecule has 33 heavy (non-hydrogen) atoms. The van der Waals surface area contributed by atoms with Crippen LogP contribution in [0.2, 0.25) is 0 Å². The lowest BCUT2D eigenvalue weighted by Crippen LogP contribution is -2.19. The Kier molecular flexibility index (Phi) is 7.42. The molecule has 174 valence electrons.